The van der Waals surface area contributed by atoms with Crippen LogP contribution in [0.3, 0.4) is 0 Å². The number of amides is 1. The molecule has 0 saturated carbocycles. The minimum absolute atomic E-state index is 0.0759. The van der Waals surface area contributed by atoms with Crippen LogP contribution in [0.15, 0.2) is 54.6 Å². The first-order valence-electron chi connectivity index (χ1n) is 11.4. The zero-order chi connectivity index (χ0) is 21.6. The molecule has 0 aliphatic carbocycles. The lowest BCUT2D eigenvalue weighted by Gasteiger charge is -2.35. The minimum Gasteiger partial charge on any atom is -0.356 e. The molecule has 5 nitrogen and oxygen atoms in total. The average molecular weight is 417 g/mol. The Morgan fingerprint density at radius 1 is 1.00 bits per heavy atom. The zero-order valence-corrected chi connectivity index (χ0v) is 18.6. The average Bonchev–Trinajstić information content (AvgIpc) is 2.82. The van der Waals surface area contributed by atoms with E-state index in [0.29, 0.717) is 6.42 Å². The lowest BCUT2D eigenvalue weighted by molar-refractivity contribution is -0.120. The van der Waals surface area contributed by atoms with Gasteiger partial charge in [0.25, 0.3) is 0 Å². The summed E-state index contributed by atoms with van der Waals surface area (Å²) in [6, 6.07) is 18.9. The molecule has 1 N–H and O–H groups in total. The molecule has 0 atom stereocenters. The largest absolute Gasteiger partial charge is 0.356 e. The number of fused-ring (bicyclic) bond motifs is 1. The van der Waals surface area contributed by atoms with Crippen molar-refractivity contribution in [3.8, 4) is 11.3 Å². The van der Waals surface area contributed by atoms with E-state index in [4.69, 9.17) is 4.98 Å². The van der Waals surface area contributed by atoms with Crippen molar-refractivity contribution in [2.75, 3.05) is 44.2 Å². The van der Waals surface area contributed by atoms with E-state index in [1.165, 1.54) is 10.8 Å². The molecule has 1 saturated heterocycles. The van der Waals surface area contributed by atoms with Gasteiger partial charge in [-0.25, -0.2) is 4.98 Å². The van der Waals surface area contributed by atoms with E-state index in [2.05, 4.69) is 71.4 Å². The SMILES string of the molecule is CCCNC(=O)Cc1ccc(-c2cc3ccccc3c(N3CCN(CC)CC3)n2)cc1. The number of hydrogen-bond acceptors (Lipinski definition) is 4. The van der Waals surface area contributed by atoms with Crippen molar-refractivity contribution >= 4 is 22.5 Å². The molecule has 0 bridgehead atoms. The number of rotatable bonds is 7. The standard InChI is InChI=1S/C26H32N4O/c1-3-13-27-25(31)18-20-9-11-21(12-10-20)24-19-22-7-5-6-8-23(22)26(28-24)30-16-14-29(4-2)15-17-30/h5-12,19H,3-4,13-18H2,1-2H3,(H,27,31). The van der Waals surface area contributed by atoms with Crippen molar-refractivity contribution in [3.63, 3.8) is 0 Å². The highest BCUT2D eigenvalue weighted by molar-refractivity contribution is 5.95. The summed E-state index contributed by atoms with van der Waals surface area (Å²) in [6.45, 7) is 10.3. The Hall–Kier alpha value is -2.92. The van der Waals surface area contributed by atoms with E-state index in [1.54, 1.807) is 0 Å². The van der Waals surface area contributed by atoms with Crippen LogP contribution in [0.2, 0.25) is 0 Å². The third-order valence-electron chi connectivity index (χ3n) is 6.03. The Morgan fingerprint density at radius 2 is 1.74 bits per heavy atom. The normalized spacial score (nSPS) is 14.7. The first kappa shape index (κ1) is 21.3. The smallest absolute Gasteiger partial charge is 0.224 e. The number of anilines is 1. The van der Waals surface area contributed by atoms with E-state index < -0.39 is 0 Å². The number of nitrogens with zero attached hydrogens (tertiary/aromatic N) is 3. The Bertz CT molecular complexity index is 1020. The number of benzene rings is 2. The maximum Gasteiger partial charge on any atom is 0.224 e. The van der Waals surface area contributed by atoms with Crippen molar-refractivity contribution in [1.82, 2.24) is 15.2 Å². The maximum atomic E-state index is 12.0. The summed E-state index contributed by atoms with van der Waals surface area (Å²) in [6.07, 6.45) is 1.37. The molecule has 0 radical (unpaired) electrons. The van der Waals surface area contributed by atoms with Gasteiger partial charge in [0.15, 0.2) is 0 Å². The van der Waals surface area contributed by atoms with Gasteiger partial charge in [-0.05, 0) is 30.0 Å². The number of carbonyl (C=O) groups excluding carboxylic acids is 1. The van der Waals surface area contributed by atoms with Gasteiger partial charge >= 0.3 is 0 Å². The molecule has 1 amide bonds. The van der Waals surface area contributed by atoms with Crippen molar-refractivity contribution in [2.24, 2.45) is 0 Å². The molecule has 2 aromatic carbocycles. The fourth-order valence-corrected chi connectivity index (χ4v) is 4.15. The second kappa shape index (κ2) is 9.92. The molecular weight excluding hydrogens is 384 g/mol. The van der Waals surface area contributed by atoms with Gasteiger partial charge in [-0.2, -0.15) is 0 Å². The third-order valence-corrected chi connectivity index (χ3v) is 6.03. The Balaban J connectivity index is 1.60. The molecule has 2 heterocycles. The fraction of sp³-hybridized carbons (Fsp3) is 0.385. The van der Waals surface area contributed by atoms with Crippen molar-refractivity contribution < 1.29 is 4.79 Å². The van der Waals surface area contributed by atoms with Crippen LogP contribution in [0, 0.1) is 0 Å². The van der Waals surface area contributed by atoms with E-state index in [9.17, 15) is 4.79 Å². The Kier molecular flexibility index (Phi) is 6.82. The summed E-state index contributed by atoms with van der Waals surface area (Å²) in [5.74, 6) is 1.15. The third kappa shape index (κ3) is 5.05. The molecular formula is C26H32N4O. The lowest BCUT2D eigenvalue weighted by atomic mass is 10.0. The first-order chi connectivity index (χ1) is 15.2. The van der Waals surface area contributed by atoms with Crippen LogP contribution in [0.5, 0.6) is 0 Å². The maximum absolute atomic E-state index is 12.0. The van der Waals surface area contributed by atoms with Gasteiger partial charge in [-0.3, -0.25) is 4.79 Å². The predicted molar refractivity (Wildman–Crippen MR) is 129 cm³/mol. The molecule has 0 spiro atoms. The second-order valence-corrected chi connectivity index (χ2v) is 8.20. The highest BCUT2D eigenvalue weighted by Crippen LogP contribution is 2.30. The van der Waals surface area contributed by atoms with Crippen molar-refractivity contribution in [3.05, 3.63) is 60.2 Å². The number of likely N-dealkylation sites (N-methyl/N-ethyl adjacent to an activating group) is 1. The lowest BCUT2D eigenvalue weighted by Crippen LogP contribution is -2.46. The van der Waals surface area contributed by atoms with E-state index in [1.807, 2.05) is 12.1 Å². The van der Waals surface area contributed by atoms with Gasteiger partial charge in [-0.15, -0.1) is 0 Å². The summed E-state index contributed by atoms with van der Waals surface area (Å²) >= 11 is 0. The number of nitrogens with one attached hydrogen (secondary N) is 1. The highest BCUT2D eigenvalue weighted by atomic mass is 16.1. The fourth-order valence-electron chi connectivity index (χ4n) is 4.15. The van der Waals surface area contributed by atoms with Crippen LogP contribution in [0.4, 0.5) is 5.82 Å². The van der Waals surface area contributed by atoms with E-state index in [-0.39, 0.29) is 5.91 Å². The molecule has 1 fully saturated rings. The predicted octanol–water partition coefficient (Wildman–Crippen LogP) is 4.11. The van der Waals surface area contributed by atoms with Crippen LogP contribution in [-0.4, -0.2) is 55.1 Å². The number of aromatic nitrogens is 1. The van der Waals surface area contributed by atoms with Gasteiger partial charge in [0.2, 0.25) is 5.91 Å². The summed E-state index contributed by atoms with van der Waals surface area (Å²) in [5.41, 5.74) is 3.08. The molecule has 0 unspecified atom stereocenters. The Morgan fingerprint density at radius 3 is 2.45 bits per heavy atom. The van der Waals surface area contributed by atoms with Gasteiger partial charge in [0.1, 0.15) is 5.82 Å². The molecule has 5 heteroatoms. The van der Waals surface area contributed by atoms with E-state index in [0.717, 1.165) is 68.3 Å². The molecule has 31 heavy (non-hydrogen) atoms. The molecule has 1 aromatic heterocycles. The van der Waals surface area contributed by atoms with E-state index >= 15 is 0 Å². The van der Waals surface area contributed by atoms with Crippen LogP contribution < -0.4 is 10.2 Å². The molecule has 1 aliphatic heterocycles. The minimum atomic E-state index is 0.0759. The number of carbonyl (C=O) groups is 1. The molecule has 162 valence electrons. The van der Waals surface area contributed by atoms with Gasteiger partial charge in [-0.1, -0.05) is 62.4 Å². The van der Waals surface area contributed by atoms with Gasteiger partial charge < -0.3 is 15.1 Å². The first-order valence-corrected chi connectivity index (χ1v) is 11.4. The summed E-state index contributed by atoms with van der Waals surface area (Å²) in [5, 5.41) is 5.36. The van der Waals surface area contributed by atoms with Crippen LogP contribution in [0.25, 0.3) is 22.0 Å². The van der Waals surface area contributed by atoms with Crippen LogP contribution in [0.1, 0.15) is 25.8 Å². The number of pyridine rings is 1. The summed E-state index contributed by atoms with van der Waals surface area (Å²) in [7, 11) is 0. The molecule has 3 aromatic rings. The number of piperazine rings is 1. The van der Waals surface area contributed by atoms with Gasteiger partial charge in [0.05, 0.1) is 12.1 Å². The zero-order valence-electron chi connectivity index (χ0n) is 18.6. The quantitative estimate of drug-likeness (QED) is 0.630. The monoisotopic (exact) mass is 416 g/mol. The van der Waals surface area contributed by atoms with Gasteiger partial charge in [0, 0.05) is 43.7 Å². The number of hydrogen-bond donors (Lipinski definition) is 1. The Labute approximate surface area is 185 Å². The van der Waals surface area contributed by atoms with Crippen LogP contribution in [-0.2, 0) is 11.2 Å². The van der Waals surface area contributed by atoms with Crippen LogP contribution >= 0.6 is 0 Å². The topological polar surface area (TPSA) is 48.5 Å². The van der Waals surface area contributed by atoms with Crippen molar-refractivity contribution in [1.29, 1.82) is 0 Å². The summed E-state index contributed by atoms with van der Waals surface area (Å²) < 4.78 is 0. The highest BCUT2D eigenvalue weighted by Gasteiger charge is 2.19. The molecule has 4 rings (SSSR count). The molecule has 1 aliphatic rings. The summed E-state index contributed by atoms with van der Waals surface area (Å²) in [4.78, 5) is 22.0. The van der Waals surface area contributed by atoms with Crippen molar-refractivity contribution in [2.45, 2.75) is 26.7 Å². The second-order valence-electron chi connectivity index (χ2n) is 8.20.